The number of H-pyrrole nitrogens is 1. The molecule has 0 aromatic carbocycles. The molecule has 0 aliphatic heterocycles. The lowest BCUT2D eigenvalue weighted by Gasteiger charge is -1.93. The molecule has 0 saturated heterocycles. The zero-order valence-electron chi connectivity index (χ0n) is 4.81. The Kier molecular flexibility index (Phi) is 3.05. The van der Waals surface area contributed by atoms with E-state index in [0.717, 1.165) is 4.34 Å². The highest BCUT2D eigenvalue weighted by molar-refractivity contribution is 7.44. The van der Waals surface area contributed by atoms with Gasteiger partial charge in [0.2, 0.25) is 6.33 Å². The smallest absolute Gasteiger partial charge is 0.522 e. The van der Waals surface area contributed by atoms with Crippen LogP contribution < -0.4 is 16.7 Å². The van der Waals surface area contributed by atoms with E-state index >= 15 is 0 Å². The molecule has 0 aliphatic carbocycles. The van der Waals surface area contributed by atoms with Gasteiger partial charge in [-0.15, -0.1) is 4.34 Å². The highest BCUT2D eigenvalue weighted by Crippen LogP contribution is 2.25. The number of nitrogens with one attached hydrogen (secondary N) is 1. The minimum absolute atomic E-state index is 0. The topological polar surface area (TPSA) is 77.2 Å². The number of imidazole rings is 1. The van der Waals surface area contributed by atoms with Crippen LogP contribution in [0.3, 0.4) is 0 Å². The van der Waals surface area contributed by atoms with Gasteiger partial charge < -0.3 is 12.4 Å². The summed E-state index contributed by atoms with van der Waals surface area (Å²) in [4.78, 5) is 19.4. The van der Waals surface area contributed by atoms with Crippen molar-refractivity contribution in [2.45, 2.75) is 0 Å². The van der Waals surface area contributed by atoms with E-state index in [9.17, 15) is 4.57 Å². The number of halogens is 1. The fraction of sp³-hybridized carbons (Fsp3) is 0. The van der Waals surface area contributed by atoms with Crippen molar-refractivity contribution in [3.05, 3.63) is 18.7 Å². The number of hydrogen-bond donors (Lipinski definition) is 3. The summed E-state index contributed by atoms with van der Waals surface area (Å²) in [6, 6.07) is 0. The number of nitrogens with zero attached hydrogens (tertiary/aromatic N) is 1. The first-order chi connectivity index (χ1) is 4.11. The molecule has 0 bridgehead atoms. The Labute approximate surface area is 63.3 Å². The van der Waals surface area contributed by atoms with Gasteiger partial charge >= 0.3 is 7.75 Å². The zero-order valence-corrected chi connectivity index (χ0v) is 6.46. The molecule has 7 heteroatoms. The van der Waals surface area contributed by atoms with Crippen LogP contribution in [0.1, 0.15) is 0 Å². The molecule has 0 unspecified atom stereocenters. The van der Waals surface area contributed by atoms with Gasteiger partial charge in [0.05, 0.1) is 0 Å². The summed E-state index contributed by atoms with van der Waals surface area (Å²) in [6.45, 7) is 0. The molecular weight excluding hydrogens is 178 g/mol. The van der Waals surface area contributed by atoms with Gasteiger partial charge in [0.15, 0.2) is 0 Å². The van der Waals surface area contributed by atoms with Gasteiger partial charge in [-0.3, -0.25) is 9.79 Å². The van der Waals surface area contributed by atoms with Crippen molar-refractivity contribution in [2.75, 3.05) is 0 Å². The summed E-state index contributed by atoms with van der Waals surface area (Å²) < 4.78 is 11.1. The lowest BCUT2D eigenvalue weighted by atomic mass is 11.0. The Morgan fingerprint density at radius 1 is 1.50 bits per heavy atom. The van der Waals surface area contributed by atoms with Gasteiger partial charge in [0.25, 0.3) is 0 Å². The molecular formula is C3H6ClN2O3P. The Bertz CT molecular complexity index is 230. The first-order valence-electron chi connectivity index (χ1n) is 2.21. The molecule has 1 rings (SSSR count). The van der Waals surface area contributed by atoms with Crippen molar-refractivity contribution >= 4 is 7.75 Å². The van der Waals surface area contributed by atoms with E-state index < -0.39 is 7.75 Å². The third-order valence-corrected chi connectivity index (χ3v) is 1.68. The van der Waals surface area contributed by atoms with Crippen molar-refractivity contribution in [2.24, 2.45) is 0 Å². The fourth-order valence-corrected chi connectivity index (χ4v) is 0.901. The van der Waals surface area contributed by atoms with Crippen LogP contribution in [0.5, 0.6) is 0 Å². The Morgan fingerprint density at radius 3 is 2.30 bits per heavy atom. The summed E-state index contributed by atoms with van der Waals surface area (Å²) in [5.41, 5.74) is 0. The molecule has 1 heterocycles. The minimum Gasteiger partial charge on any atom is -1.00 e. The molecule has 58 valence electrons. The minimum atomic E-state index is -4.08. The van der Waals surface area contributed by atoms with Gasteiger partial charge in [-0.05, 0) is 0 Å². The molecule has 0 fully saturated rings. The lowest BCUT2D eigenvalue weighted by Crippen LogP contribution is -3.00. The van der Waals surface area contributed by atoms with Crippen LogP contribution in [0, 0.1) is 0 Å². The fourth-order valence-electron chi connectivity index (χ4n) is 0.444. The monoisotopic (exact) mass is 184 g/mol. The molecule has 1 aromatic heterocycles. The van der Waals surface area contributed by atoms with Gasteiger partial charge in [0, 0.05) is 0 Å². The molecule has 5 nitrogen and oxygen atoms in total. The summed E-state index contributed by atoms with van der Waals surface area (Å²) >= 11 is 0. The first kappa shape index (κ1) is 9.65. The molecule has 0 radical (unpaired) electrons. The van der Waals surface area contributed by atoms with Gasteiger partial charge in [-0.2, -0.15) is 0 Å². The van der Waals surface area contributed by atoms with Crippen molar-refractivity contribution in [1.82, 2.24) is 4.98 Å². The molecule has 0 atom stereocenters. The van der Waals surface area contributed by atoms with Gasteiger partial charge in [-0.25, -0.2) is 9.55 Å². The third kappa shape index (κ3) is 2.11. The van der Waals surface area contributed by atoms with E-state index in [-0.39, 0.29) is 12.4 Å². The molecule has 3 N–H and O–H groups in total. The number of aromatic amines is 1. The number of hydrogen-bond acceptors (Lipinski definition) is 1. The molecule has 10 heavy (non-hydrogen) atoms. The average Bonchev–Trinajstić information content (AvgIpc) is 2.08. The molecule has 1 aromatic rings. The predicted molar refractivity (Wildman–Crippen MR) is 28.4 cm³/mol. The Morgan fingerprint density at radius 2 is 2.10 bits per heavy atom. The SMILES string of the molecule is O=P(O)(O)[n+]1cc[nH]c1.[Cl-]. The highest BCUT2D eigenvalue weighted by atomic mass is 35.5. The van der Waals surface area contributed by atoms with E-state index in [2.05, 4.69) is 4.98 Å². The van der Waals surface area contributed by atoms with Crippen LogP contribution in [0.2, 0.25) is 0 Å². The van der Waals surface area contributed by atoms with Crippen LogP contribution in [0.4, 0.5) is 0 Å². The summed E-state index contributed by atoms with van der Waals surface area (Å²) in [5.74, 6) is 0. The average molecular weight is 185 g/mol. The normalized spacial score (nSPS) is 10.6. The third-order valence-electron chi connectivity index (χ3n) is 0.831. The molecule has 0 spiro atoms. The standard InChI is InChI=1S/C3H5N2O3P.ClH/c6-9(7,8)5-2-1-4-3-5;/h1-3H,(H2,6,7,8);1H. The van der Waals surface area contributed by atoms with E-state index in [1.165, 1.54) is 18.7 Å². The van der Waals surface area contributed by atoms with E-state index in [4.69, 9.17) is 9.79 Å². The van der Waals surface area contributed by atoms with Crippen molar-refractivity contribution < 1.29 is 31.1 Å². The van der Waals surface area contributed by atoms with Crippen LogP contribution >= 0.6 is 7.75 Å². The maximum atomic E-state index is 10.3. The Balaban J connectivity index is 0.000000810. The van der Waals surface area contributed by atoms with Gasteiger partial charge in [0.1, 0.15) is 12.4 Å². The molecule has 0 amide bonds. The van der Waals surface area contributed by atoms with Crippen LogP contribution in [0.15, 0.2) is 18.7 Å². The highest BCUT2D eigenvalue weighted by Gasteiger charge is 2.21. The van der Waals surface area contributed by atoms with Crippen molar-refractivity contribution in [1.29, 1.82) is 0 Å². The number of aromatic nitrogens is 2. The maximum absolute atomic E-state index is 10.3. The van der Waals surface area contributed by atoms with Crippen LogP contribution in [-0.2, 0) is 4.57 Å². The maximum Gasteiger partial charge on any atom is 0.522 e. The molecule has 0 aliphatic rings. The van der Waals surface area contributed by atoms with E-state index in [0.29, 0.717) is 0 Å². The lowest BCUT2D eigenvalue weighted by molar-refractivity contribution is -0.537. The van der Waals surface area contributed by atoms with Crippen molar-refractivity contribution in [3.63, 3.8) is 0 Å². The molecule has 0 saturated carbocycles. The summed E-state index contributed by atoms with van der Waals surface area (Å²) in [6.07, 6.45) is 3.89. The Hall–Kier alpha value is -0.350. The summed E-state index contributed by atoms with van der Waals surface area (Å²) in [7, 11) is -4.08. The first-order valence-corrected chi connectivity index (χ1v) is 3.77. The second-order valence-corrected chi connectivity index (χ2v) is 2.99. The van der Waals surface area contributed by atoms with Crippen LogP contribution in [0.25, 0.3) is 0 Å². The van der Waals surface area contributed by atoms with Crippen LogP contribution in [-0.4, -0.2) is 14.8 Å². The van der Waals surface area contributed by atoms with Crippen molar-refractivity contribution in [3.8, 4) is 0 Å². The van der Waals surface area contributed by atoms with E-state index in [1.54, 1.807) is 0 Å². The van der Waals surface area contributed by atoms with E-state index in [1.807, 2.05) is 0 Å². The quantitative estimate of drug-likeness (QED) is 0.393. The summed E-state index contributed by atoms with van der Waals surface area (Å²) in [5, 5.41) is 0. The number of rotatable bonds is 1. The predicted octanol–water partition coefficient (Wildman–Crippen LogP) is -3.75. The zero-order chi connectivity index (χ0) is 6.91. The van der Waals surface area contributed by atoms with Gasteiger partial charge in [-0.1, -0.05) is 0 Å². The largest absolute Gasteiger partial charge is 1.00 e. The second kappa shape index (κ2) is 3.16. The second-order valence-electron chi connectivity index (χ2n) is 1.50.